The van der Waals surface area contributed by atoms with E-state index in [2.05, 4.69) is 39.5 Å². The van der Waals surface area contributed by atoms with Crippen LogP contribution >= 0.6 is 0 Å². The fourth-order valence-corrected chi connectivity index (χ4v) is 3.17. The van der Waals surface area contributed by atoms with Crippen molar-refractivity contribution in [3.05, 3.63) is 73.7 Å². The minimum Gasteiger partial charge on any atom is -0.450 e. The minimum atomic E-state index is 0. The molecule has 0 aromatic rings. The van der Waals surface area contributed by atoms with Crippen LogP contribution in [0, 0.1) is 0 Å². The zero-order chi connectivity index (χ0) is 16.6. The predicted molar refractivity (Wildman–Crippen MR) is 99.0 cm³/mol. The van der Waals surface area contributed by atoms with Crippen LogP contribution in [0.15, 0.2) is 73.7 Å². The van der Waals surface area contributed by atoms with Gasteiger partial charge >= 0.3 is 0 Å². The molecule has 11 heteroatoms. The zero-order valence-corrected chi connectivity index (χ0v) is 21.7. The Bertz CT molecular complexity index is 217. The third-order valence-corrected chi connectivity index (χ3v) is 4.68. The van der Waals surface area contributed by atoms with E-state index < -0.39 is 0 Å². The molecule has 0 aliphatic heterocycles. The Morgan fingerprint density at radius 1 is 0.391 bits per heavy atom. The Balaban J connectivity index is -0.0000000675. The standard InChI is InChI=1S/3C4H6OSi2.2Pd/c3*1-3-6-5-7-4-2;;/h3*3-4H,1-2H2;;. The predicted octanol–water partition coefficient (Wildman–Crippen LogP) is 1.58. The summed E-state index contributed by atoms with van der Waals surface area (Å²) in [5.41, 5.74) is 10.5. The fraction of sp³-hybridized carbons (Fsp3) is 0. The molecule has 0 atom stereocenters. The number of hydrogen-bond acceptors (Lipinski definition) is 3. The molecule has 0 spiro atoms. The van der Waals surface area contributed by atoms with Gasteiger partial charge in [-0.1, -0.05) is 34.2 Å². The summed E-state index contributed by atoms with van der Waals surface area (Å²) in [5, 5.41) is 0. The van der Waals surface area contributed by atoms with Crippen molar-refractivity contribution in [2.24, 2.45) is 0 Å². The van der Waals surface area contributed by atoms with Crippen molar-refractivity contribution in [1.82, 2.24) is 0 Å². The summed E-state index contributed by atoms with van der Waals surface area (Å²) >= 11 is 0. The number of hydrogen-bond donors (Lipinski definition) is 0. The van der Waals surface area contributed by atoms with Crippen LogP contribution in [0.3, 0.4) is 0 Å². The van der Waals surface area contributed by atoms with Crippen LogP contribution in [0.25, 0.3) is 0 Å². The van der Waals surface area contributed by atoms with Crippen molar-refractivity contribution in [1.29, 1.82) is 0 Å². The van der Waals surface area contributed by atoms with Gasteiger partial charge in [0.1, 0.15) is 0 Å². The van der Waals surface area contributed by atoms with Gasteiger partial charge in [-0.25, -0.2) is 0 Å². The molecule has 0 amide bonds. The first-order valence-corrected chi connectivity index (χ1v) is 11.3. The number of rotatable bonds is 12. The molecular weight excluding hydrogens is 573 g/mol. The first kappa shape index (κ1) is 35.1. The molecule has 128 valence electrons. The van der Waals surface area contributed by atoms with E-state index in [4.69, 9.17) is 12.3 Å². The van der Waals surface area contributed by atoms with Gasteiger partial charge in [0.25, 0.3) is 0 Å². The molecule has 0 aromatic heterocycles. The first-order valence-electron chi connectivity index (χ1n) is 5.41. The summed E-state index contributed by atoms with van der Waals surface area (Å²) in [7, 11) is 2.56. The molecule has 12 radical (unpaired) electrons. The average Bonchev–Trinajstić information content (AvgIpc) is 2.50. The molecule has 0 aliphatic carbocycles. The van der Waals surface area contributed by atoms with Crippen LogP contribution < -0.4 is 0 Å². The average molecular weight is 592 g/mol. The zero-order valence-electron chi connectivity index (χ0n) is 12.6. The van der Waals surface area contributed by atoms with Gasteiger partial charge in [-0.2, -0.15) is 0 Å². The summed E-state index contributed by atoms with van der Waals surface area (Å²) in [5.74, 6) is 0. The molecule has 0 unspecified atom stereocenters. The van der Waals surface area contributed by atoms with E-state index in [1.807, 2.05) is 0 Å². The van der Waals surface area contributed by atoms with E-state index in [0.717, 1.165) is 0 Å². The first-order chi connectivity index (χ1) is 10.2. The molecule has 3 nitrogen and oxygen atoms in total. The van der Waals surface area contributed by atoms with Crippen molar-refractivity contribution in [2.45, 2.75) is 0 Å². The van der Waals surface area contributed by atoms with E-state index in [0.29, 0.717) is 58.6 Å². The van der Waals surface area contributed by atoms with Gasteiger partial charge in [-0.05, 0) is 0 Å². The van der Waals surface area contributed by atoms with Crippen LogP contribution in [0.4, 0.5) is 0 Å². The van der Waals surface area contributed by atoms with Gasteiger partial charge in [-0.3, -0.25) is 0 Å². The van der Waals surface area contributed by atoms with Gasteiger partial charge in [0.05, 0.1) is 0 Å². The normalized spacial score (nSPS) is 7.30. The Hall–Kier alpha value is 0.946. The molecule has 0 saturated heterocycles. The molecule has 0 aromatic carbocycles. The fourth-order valence-electron chi connectivity index (χ4n) is 0.352. The van der Waals surface area contributed by atoms with Crippen molar-refractivity contribution in [3.8, 4) is 0 Å². The minimum absolute atomic E-state index is 0. The van der Waals surface area contributed by atoms with Crippen LogP contribution in [0.5, 0.6) is 0 Å². The summed E-state index contributed by atoms with van der Waals surface area (Å²) in [6.07, 6.45) is 0. The SMILES string of the molecule is C=C[Si]O[Si]C=C.C=C[Si]O[Si]C=C.C=C[Si]O[Si]C=C.[Pd].[Pd]. The summed E-state index contributed by atoms with van der Waals surface area (Å²) in [6.45, 7) is 20.9. The molecular formula is C12H18O3Pd2Si6. The molecule has 0 rings (SSSR count). The monoisotopic (exact) mass is 590 g/mol. The third-order valence-electron chi connectivity index (χ3n) is 0.854. The Morgan fingerprint density at radius 2 is 0.522 bits per heavy atom. The second-order valence-electron chi connectivity index (χ2n) is 2.24. The Labute approximate surface area is 184 Å². The maximum Gasteiger partial charge on any atom is 0.247 e. The maximum absolute atomic E-state index is 4.95. The Kier molecular flexibility index (Phi) is 66.4. The largest absolute Gasteiger partial charge is 0.450 e. The van der Waals surface area contributed by atoms with Crippen LogP contribution in [-0.2, 0) is 53.2 Å². The van der Waals surface area contributed by atoms with E-state index in [9.17, 15) is 0 Å². The smallest absolute Gasteiger partial charge is 0.247 e. The van der Waals surface area contributed by atoms with E-state index in [1.54, 1.807) is 34.2 Å². The molecule has 0 saturated carbocycles. The molecule has 23 heavy (non-hydrogen) atoms. The quantitative estimate of drug-likeness (QED) is 0.255. The summed E-state index contributed by atoms with van der Waals surface area (Å²) in [4.78, 5) is 0. The van der Waals surface area contributed by atoms with Gasteiger partial charge < -0.3 is 12.3 Å². The van der Waals surface area contributed by atoms with Crippen LogP contribution in [0.2, 0.25) is 0 Å². The van der Waals surface area contributed by atoms with E-state index in [1.165, 1.54) is 0 Å². The van der Waals surface area contributed by atoms with Crippen molar-refractivity contribution in [3.63, 3.8) is 0 Å². The molecule has 0 bridgehead atoms. The molecule has 0 fully saturated rings. The second kappa shape index (κ2) is 43.5. The molecule has 0 N–H and O–H groups in total. The topological polar surface area (TPSA) is 27.7 Å². The van der Waals surface area contributed by atoms with E-state index in [-0.39, 0.29) is 40.8 Å². The molecule has 0 heterocycles. The van der Waals surface area contributed by atoms with Crippen LogP contribution in [-0.4, -0.2) is 58.6 Å². The van der Waals surface area contributed by atoms with Crippen molar-refractivity contribution < 1.29 is 53.2 Å². The molecule has 0 aliphatic rings. The third kappa shape index (κ3) is 60.1. The summed E-state index contributed by atoms with van der Waals surface area (Å²) < 4.78 is 14.9. The van der Waals surface area contributed by atoms with Crippen molar-refractivity contribution >= 4 is 58.6 Å². The van der Waals surface area contributed by atoms with Crippen molar-refractivity contribution in [2.75, 3.05) is 0 Å². The van der Waals surface area contributed by atoms with E-state index >= 15 is 0 Å². The maximum atomic E-state index is 4.95. The van der Waals surface area contributed by atoms with Gasteiger partial charge in [0, 0.05) is 40.8 Å². The van der Waals surface area contributed by atoms with Gasteiger partial charge in [-0.15, -0.1) is 39.5 Å². The summed E-state index contributed by atoms with van der Waals surface area (Å²) in [6, 6.07) is 0. The second-order valence-corrected chi connectivity index (χ2v) is 8.55. The van der Waals surface area contributed by atoms with Gasteiger partial charge in [0.2, 0.25) is 58.6 Å². The van der Waals surface area contributed by atoms with Gasteiger partial charge in [0.15, 0.2) is 0 Å². The van der Waals surface area contributed by atoms with Crippen LogP contribution in [0.1, 0.15) is 0 Å². The Morgan fingerprint density at radius 3 is 0.609 bits per heavy atom.